The Bertz CT molecular complexity index is 579. The van der Waals surface area contributed by atoms with Gasteiger partial charge in [0.25, 0.3) is 5.91 Å². The predicted molar refractivity (Wildman–Crippen MR) is 92.4 cm³/mol. The molecule has 2 rings (SSSR count). The summed E-state index contributed by atoms with van der Waals surface area (Å²) in [6, 6.07) is 7.23. The topological polar surface area (TPSA) is 58.4 Å². The van der Waals surface area contributed by atoms with Crippen LogP contribution in [-0.2, 0) is 4.79 Å². The van der Waals surface area contributed by atoms with E-state index in [1.54, 1.807) is 12.1 Å². The van der Waals surface area contributed by atoms with Gasteiger partial charge in [-0.1, -0.05) is 13.8 Å². The van der Waals surface area contributed by atoms with Gasteiger partial charge in [-0.15, -0.1) is 0 Å². The molecule has 1 aromatic rings. The van der Waals surface area contributed by atoms with Crippen LogP contribution in [0.4, 0.5) is 11.4 Å². The van der Waals surface area contributed by atoms with Crippen molar-refractivity contribution in [2.75, 3.05) is 17.6 Å². The lowest BCUT2D eigenvalue weighted by molar-refractivity contribution is -0.114. The Kier molecular flexibility index (Phi) is 4.23. The normalized spacial score (nSPS) is 17.9. The maximum absolute atomic E-state index is 12.7. The molecule has 0 saturated heterocycles. The lowest BCUT2D eigenvalue weighted by atomic mass is 9.78. The van der Waals surface area contributed by atoms with E-state index in [-0.39, 0.29) is 16.9 Å². The van der Waals surface area contributed by atoms with Gasteiger partial charge in [-0.05, 0) is 56.9 Å². The van der Waals surface area contributed by atoms with Gasteiger partial charge in [-0.2, -0.15) is 0 Å². The van der Waals surface area contributed by atoms with E-state index in [4.69, 9.17) is 5.73 Å². The van der Waals surface area contributed by atoms with Crippen LogP contribution in [0, 0.1) is 5.41 Å². The van der Waals surface area contributed by atoms with Crippen molar-refractivity contribution < 1.29 is 4.79 Å². The van der Waals surface area contributed by atoms with Gasteiger partial charge in [0.1, 0.15) is 0 Å². The molecule has 1 aliphatic heterocycles. The number of nitrogens with one attached hydrogen (secondary N) is 1. The quantitative estimate of drug-likeness (QED) is 0.820. The third-order valence-electron chi connectivity index (χ3n) is 4.27. The SMILES string of the molecule is CC1(C)CCN(C(C)(C)C)C=C1C(=O)Nc1ccc(N)cc1. The number of nitrogens with two attached hydrogens (primary N) is 1. The molecule has 0 radical (unpaired) electrons. The minimum Gasteiger partial charge on any atom is -0.399 e. The van der Waals surface area contributed by atoms with E-state index in [0.717, 1.165) is 24.2 Å². The first-order valence-electron chi connectivity index (χ1n) is 7.75. The summed E-state index contributed by atoms with van der Waals surface area (Å²) < 4.78 is 0. The molecule has 0 spiro atoms. The minimum absolute atomic E-state index is 0.0171. The lowest BCUT2D eigenvalue weighted by Gasteiger charge is -2.43. The highest BCUT2D eigenvalue weighted by molar-refractivity contribution is 6.04. The summed E-state index contributed by atoms with van der Waals surface area (Å²) >= 11 is 0. The Labute approximate surface area is 133 Å². The summed E-state index contributed by atoms with van der Waals surface area (Å²) in [4.78, 5) is 14.9. The van der Waals surface area contributed by atoms with Crippen molar-refractivity contribution in [2.24, 2.45) is 5.41 Å². The lowest BCUT2D eigenvalue weighted by Crippen LogP contribution is -2.44. The number of amides is 1. The highest BCUT2D eigenvalue weighted by Gasteiger charge is 2.35. The van der Waals surface area contributed by atoms with Crippen molar-refractivity contribution in [1.29, 1.82) is 0 Å². The van der Waals surface area contributed by atoms with Gasteiger partial charge in [0.2, 0.25) is 0 Å². The van der Waals surface area contributed by atoms with Crippen LogP contribution in [0.25, 0.3) is 0 Å². The molecule has 0 atom stereocenters. The fourth-order valence-electron chi connectivity index (χ4n) is 2.59. The summed E-state index contributed by atoms with van der Waals surface area (Å²) in [5.41, 5.74) is 7.85. The Morgan fingerprint density at radius 3 is 2.36 bits per heavy atom. The third-order valence-corrected chi connectivity index (χ3v) is 4.27. The van der Waals surface area contributed by atoms with Gasteiger partial charge in [-0.25, -0.2) is 0 Å². The summed E-state index contributed by atoms with van der Waals surface area (Å²) in [6.45, 7) is 11.7. The number of nitrogens with zero attached hydrogens (tertiary/aromatic N) is 1. The third kappa shape index (κ3) is 3.62. The van der Waals surface area contributed by atoms with E-state index in [1.165, 1.54) is 0 Å². The maximum Gasteiger partial charge on any atom is 0.253 e. The standard InChI is InChI=1S/C18H27N3O/c1-17(2,3)21-11-10-18(4,5)15(12-21)16(22)20-14-8-6-13(19)7-9-14/h6-9,12H,10-11,19H2,1-5H3,(H,20,22). The average Bonchev–Trinajstić information content (AvgIpc) is 2.39. The molecule has 1 aromatic carbocycles. The molecule has 0 fully saturated rings. The first kappa shape index (κ1) is 16.4. The average molecular weight is 301 g/mol. The molecule has 0 unspecified atom stereocenters. The molecule has 4 heteroatoms. The smallest absolute Gasteiger partial charge is 0.253 e. The number of carbonyl (C=O) groups excluding carboxylic acids is 1. The molecule has 3 N–H and O–H groups in total. The summed E-state index contributed by atoms with van der Waals surface area (Å²) in [5, 5.41) is 2.98. The first-order chi connectivity index (χ1) is 10.1. The van der Waals surface area contributed by atoms with Crippen molar-refractivity contribution in [3.63, 3.8) is 0 Å². The number of anilines is 2. The van der Waals surface area contributed by atoms with Crippen LogP contribution in [0.2, 0.25) is 0 Å². The number of rotatable bonds is 2. The second-order valence-corrected chi connectivity index (χ2v) is 7.62. The second kappa shape index (κ2) is 5.67. The van der Waals surface area contributed by atoms with Gasteiger partial charge in [0.05, 0.1) is 0 Å². The zero-order valence-corrected chi connectivity index (χ0v) is 14.2. The van der Waals surface area contributed by atoms with Gasteiger partial charge < -0.3 is 16.0 Å². The van der Waals surface area contributed by atoms with Gasteiger partial charge in [0, 0.05) is 35.2 Å². The summed E-state index contributed by atoms with van der Waals surface area (Å²) in [5.74, 6) is -0.0382. The molecule has 1 aliphatic rings. The number of carbonyl (C=O) groups is 1. The van der Waals surface area contributed by atoms with E-state index in [2.05, 4.69) is 44.8 Å². The molecule has 22 heavy (non-hydrogen) atoms. The Hall–Kier alpha value is -1.97. The zero-order valence-electron chi connectivity index (χ0n) is 14.2. The van der Waals surface area contributed by atoms with Crippen LogP contribution in [0.1, 0.15) is 41.0 Å². The van der Waals surface area contributed by atoms with Crippen LogP contribution in [0.15, 0.2) is 36.0 Å². The van der Waals surface area contributed by atoms with Crippen molar-refractivity contribution in [3.05, 3.63) is 36.0 Å². The van der Waals surface area contributed by atoms with Gasteiger partial charge >= 0.3 is 0 Å². The van der Waals surface area contributed by atoms with Gasteiger partial charge in [-0.3, -0.25) is 4.79 Å². The van der Waals surface area contributed by atoms with Crippen LogP contribution in [0.3, 0.4) is 0 Å². The Morgan fingerprint density at radius 2 is 1.82 bits per heavy atom. The highest BCUT2D eigenvalue weighted by atomic mass is 16.1. The monoisotopic (exact) mass is 301 g/mol. The van der Waals surface area contributed by atoms with E-state index in [0.29, 0.717) is 5.69 Å². The molecule has 0 saturated carbocycles. The van der Waals surface area contributed by atoms with Crippen LogP contribution in [0.5, 0.6) is 0 Å². The number of hydrogen-bond donors (Lipinski definition) is 2. The van der Waals surface area contributed by atoms with Crippen molar-refractivity contribution in [1.82, 2.24) is 4.90 Å². The van der Waals surface area contributed by atoms with Crippen molar-refractivity contribution >= 4 is 17.3 Å². The predicted octanol–water partition coefficient (Wildman–Crippen LogP) is 3.62. The fraction of sp³-hybridized carbons (Fsp3) is 0.500. The molecule has 120 valence electrons. The fourth-order valence-corrected chi connectivity index (χ4v) is 2.59. The van der Waals surface area contributed by atoms with Crippen molar-refractivity contribution in [2.45, 2.75) is 46.6 Å². The Balaban J connectivity index is 2.24. The molecular weight excluding hydrogens is 274 g/mol. The minimum atomic E-state index is -0.125. The van der Waals surface area contributed by atoms with E-state index in [9.17, 15) is 4.79 Å². The molecule has 0 bridgehead atoms. The first-order valence-corrected chi connectivity index (χ1v) is 7.75. The van der Waals surface area contributed by atoms with E-state index >= 15 is 0 Å². The molecule has 4 nitrogen and oxygen atoms in total. The van der Waals surface area contributed by atoms with Crippen molar-refractivity contribution in [3.8, 4) is 0 Å². The molecule has 1 heterocycles. The number of nitrogen functional groups attached to an aromatic ring is 1. The van der Waals surface area contributed by atoms with Crippen LogP contribution < -0.4 is 11.1 Å². The largest absolute Gasteiger partial charge is 0.399 e. The second-order valence-electron chi connectivity index (χ2n) is 7.62. The molecule has 0 aromatic heterocycles. The van der Waals surface area contributed by atoms with E-state index in [1.807, 2.05) is 18.3 Å². The van der Waals surface area contributed by atoms with Gasteiger partial charge in [0.15, 0.2) is 0 Å². The molecule has 0 aliphatic carbocycles. The molecule has 1 amide bonds. The number of benzene rings is 1. The Morgan fingerprint density at radius 1 is 1.23 bits per heavy atom. The number of hydrogen-bond acceptors (Lipinski definition) is 3. The highest BCUT2D eigenvalue weighted by Crippen LogP contribution is 2.37. The molecular formula is C18H27N3O. The van der Waals surface area contributed by atoms with E-state index < -0.39 is 0 Å². The van der Waals surface area contributed by atoms with Crippen LogP contribution in [-0.4, -0.2) is 22.9 Å². The maximum atomic E-state index is 12.7. The summed E-state index contributed by atoms with van der Waals surface area (Å²) in [7, 11) is 0. The van der Waals surface area contributed by atoms with Crippen LogP contribution >= 0.6 is 0 Å². The summed E-state index contributed by atoms with van der Waals surface area (Å²) in [6.07, 6.45) is 2.99. The zero-order chi connectivity index (χ0) is 16.5.